The fourth-order valence-corrected chi connectivity index (χ4v) is 2.01. The van der Waals surface area contributed by atoms with Gasteiger partial charge < -0.3 is 9.84 Å². The first-order valence-corrected chi connectivity index (χ1v) is 4.98. The molecule has 1 heterocycles. The number of aliphatic carboxylic acids is 1. The summed E-state index contributed by atoms with van der Waals surface area (Å²) in [7, 11) is 0. The summed E-state index contributed by atoms with van der Waals surface area (Å²) in [5.41, 5.74) is -0.198. The molecule has 76 valence electrons. The van der Waals surface area contributed by atoms with Crippen LogP contribution >= 0.6 is 0 Å². The van der Waals surface area contributed by atoms with Crippen LogP contribution in [-0.2, 0) is 9.53 Å². The molecule has 1 aliphatic heterocycles. The van der Waals surface area contributed by atoms with E-state index < -0.39 is 12.1 Å². The van der Waals surface area contributed by atoms with Crippen molar-refractivity contribution in [2.75, 3.05) is 0 Å². The van der Waals surface area contributed by atoms with Gasteiger partial charge in [-0.05, 0) is 32.6 Å². The van der Waals surface area contributed by atoms with E-state index in [0.717, 1.165) is 25.7 Å². The van der Waals surface area contributed by atoms with Crippen LogP contribution in [0.25, 0.3) is 0 Å². The van der Waals surface area contributed by atoms with Gasteiger partial charge in [-0.3, -0.25) is 0 Å². The van der Waals surface area contributed by atoms with Gasteiger partial charge in [-0.1, -0.05) is 13.3 Å². The molecule has 1 rings (SSSR count). The van der Waals surface area contributed by atoms with Crippen LogP contribution in [0.2, 0.25) is 0 Å². The third-order valence-corrected chi connectivity index (χ3v) is 2.65. The summed E-state index contributed by atoms with van der Waals surface area (Å²) in [6.45, 7) is 4.12. The number of ether oxygens (including phenoxy) is 1. The van der Waals surface area contributed by atoms with Gasteiger partial charge in [0.25, 0.3) is 0 Å². The quantitative estimate of drug-likeness (QED) is 0.735. The molecule has 0 saturated carbocycles. The number of carbonyl (C=O) groups is 1. The van der Waals surface area contributed by atoms with E-state index >= 15 is 0 Å². The van der Waals surface area contributed by atoms with Crippen molar-refractivity contribution in [3.8, 4) is 0 Å². The average molecular weight is 186 g/mol. The van der Waals surface area contributed by atoms with Crippen molar-refractivity contribution in [3.05, 3.63) is 0 Å². The van der Waals surface area contributed by atoms with E-state index in [2.05, 4.69) is 6.92 Å². The molecule has 0 aromatic rings. The van der Waals surface area contributed by atoms with E-state index in [1.807, 2.05) is 6.92 Å². The van der Waals surface area contributed by atoms with Gasteiger partial charge in [-0.25, -0.2) is 4.79 Å². The first-order valence-electron chi connectivity index (χ1n) is 4.98. The summed E-state index contributed by atoms with van der Waals surface area (Å²) in [6, 6.07) is 0. The first-order chi connectivity index (χ1) is 6.07. The lowest BCUT2D eigenvalue weighted by atomic mass is 9.89. The predicted octanol–water partition coefficient (Wildman–Crippen LogP) is 2.20. The molecule has 1 fully saturated rings. The normalized spacial score (nSPS) is 34.5. The highest BCUT2D eigenvalue weighted by Crippen LogP contribution is 2.32. The average Bonchev–Trinajstić information content (AvgIpc) is 2.04. The maximum absolute atomic E-state index is 10.7. The zero-order valence-corrected chi connectivity index (χ0v) is 8.38. The Hall–Kier alpha value is -0.570. The molecule has 1 N–H and O–H groups in total. The minimum absolute atomic E-state index is 0.198. The molecule has 0 amide bonds. The largest absolute Gasteiger partial charge is 0.479 e. The Bertz CT molecular complexity index is 187. The fraction of sp³-hybridized carbons (Fsp3) is 0.900. The smallest absolute Gasteiger partial charge is 0.332 e. The van der Waals surface area contributed by atoms with E-state index in [0.29, 0.717) is 6.42 Å². The molecule has 3 heteroatoms. The highest BCUT2D eigenvalue weighted by atomic mass is 16.5. The molecule has 0 aliphatic carbocycles. The van der Waals surface area contributed by atoms with Gasteiger partial charge in [0.2, 0.25) is 0 Å². The molecule has 3 nitrogen and oxygen atoms in total. The van der Waals surface area contributed by atoms with Crippen molar-refractivity contribution in [1.82, 2.24) is 0 Å². The molecule has 0 aromatic heterocycles. The van der Waals surface area contributed by atoms with E-state index in [-0.39, 0.29) is 5.60 Å². The minimum Gasteiger partial charge on any atom is -0.479 e. The molecule has 1 aliphatic rings. The van der Waals surface area contributed by atoms with Gasteiger partial charge in [0, 0.05) is 0 Å². The van der Waals surface area contributed by atoms with Crippen LogP contribution in [0.15, 0.2) is 0 Å². The Morgan fingerprint density at radius 3 is 2.92 bits per heavy atom. The monoisotopic (exact) mass is 186 g/mol. The van der Waals surface area contributed by atoms with Crippen molar-refractivity contribution in [1.29, 1.82) is 0 Å². The van der Waals surface area contributed by atoms with Crippen molar-refractivity contribution >= 4 is 5.97 Å². The Morgan fingerprint density at radius 1 is 1.69 bits per heavy atom. The van der Waals surface area contributed by atoms with Crippen LogP contribution in [0.4, 0.5) is 0 Å². The van der Waals surface area contributed by atoms with Gasteiger partial charge in [0.1, 0.15) is 0 Å². The molecular weight excluding hydrogens is 168 g/mol. The van der Waals surface area contributed by atoms with Crippen molar-refractivity contribution in [3.63, 3.8) is 0 Å². The Labute approximate surface area is 79.1 Å². The van der Waals surface area contributed by atoms with Crippen LogP contribution in [0.3, 0.4) is 0 Å². The summed E-state index contributed by atoms with van der Waals surface area (Å²) in [5, 5.41) is 8.81. The lowest BCUT2D eigenvalue weighted by Crippen LogP contribution is -2.41. The SMILES string of the molecule is CCCC1(C)CCCC(C(=O)O)O1. The standard InChI is InChI=1S/C10H18O3/c1-3-6-10(2)7-4-5-8(13-10)9(11)12/h8H,3-7H2,1-2H3,(H,11,12). The number of rotatable bonds is 3. The Morgan fingerprint density at radius 2 is 2.38 bits per heavy atom. The topological polar surface area (TPSA) is 46.5 Å². The summed E-state index contributed by atoms with van der Waals surface area (Å²) in [6.07, 6.45) is 4.04. The van der Waals surface area contributed by atoms with Crippen LogP contribution in [0.5, 0.6) is 0 Å². The zero-order chi connectivity index (χ0) is 9.90. The lowest BCUT2D eigenvalue weighted by molar-refractivity contribution is -0.173. The minimum atomic E-state index is -0.818. The van der Waals surface area contributed by atoms with E-state index in [1.165, 1.54) is 0 Å². The highest BCUT2D eigenvalue weighted by Gasteiger charge is 2.35. The molecule has 0 spiro atoms. The molecule has 0 aromatic carbocycles. The number of hydrogen-bond acceptors (Lipinski definition) is 2. The van der Waals surface area contributed by atoms with E-state index in [9.17, 15) is 4.79 Å². The molecule has 0 bridgehead atoms. The second-order valence-corrected chi connectivity index (χ2v) is 4.04. The van der Waals surface area contributed by atoms with Gasteiger partial charge in [0.15, 0.2) is 6.10 Å². The second kappa shape index (κ2) is 4.09. The van der Waals surface area contributed by atoms with Crippen molar-refractivity contribution in [2.24, 2.45) is 0 Å². The van der Waals surface area contributed by atoms with Gasteiger partial charge in [-0.2, -0.15) is 0 Å². The Kier molecular flexibility index (Phi) is 3.31. The third-order valence-electron chi connectivity index (χ3n) is 2.65. The molecule has 1 saturated heterocycles. The van der Waals surface area contributed by atoms with Crippen LogP contribution in [0, 0.1) is 0 Å². The molecule has 13 heavy (non-hydrogen) atoms. The fourth-order valence-electron chi connectivity index (χ4n) is 2.01. The van der Waals surface area contributed by atoms with Gasteiger partial charge in [-0.15, -0.1) is 0 Å². The maximum Gasteiger partial charge on any atom is 0.332 e. The summed E-state index contributed by atoms with van der Waals surface area (Å²) >= 11 is 0. The van der Waals surface area contributed by atoms with Crippen LogP contribution in [-0.4, -0.2) is 22.8 Å². The number of hydrogen-bond donors (Lipinski definition) is 1. The second-order valence-electron chi connectivity index (χ2n) is 4.04. The number of carboxylic acids is 1. The van der Waals surface area contributed by atoms with Crippen molar-refractivity contribution < 1.29 is 14.6 Å². The van der Waals surface area contributed by atoms with Crippen LogP contribution < -0.4 is 0 Å². The lowest BCUT2D eigenvalue weighted by Gasteiger charge is -2.37. The molecule has 2 atom stereocenters. The highest BCUT2D eigenvalue weighted by molar-refractivity contribution is 5.72. The third kappa shape index (κ3) is 2.69. The maximum atomic E-state index is 10.7. The van der Waals surface area contributed by atoms with Crippen LogP contribution in [0.1, 0.15) is 46.0 Å². The van der Waals surface area contributed by atoms with Crippen molar-refractivity contribution in [2.45, 2.75) is 57.7 Å². The zero-order valence-electron chi connectivity index (χ0n) is 8.38. The molecule has 2 unspecified atom stereocenters. The molecular formula is C10H18O3. The summed E-state index contributed by atoms with van der Waals surface area (Å²) in [5.74, 6) is -0.818. The summed E-state index contributed by atoms with van der Waals surface area (Å²) in [4.78, 5) is 10.7. The Balaban J connectivity index is 2.54. The number of carboxylic acid groups (broad SMARTS) is 1. The van der Waals surface area contributed by atoms with Gasteiger partial charge in [0.05, 0.1) is 5.60 Å². The predicted molar refractivity (Wildman–Crippen MR) is 49.7 cm³/mol. The van der Waals surface area contributed by atoms with E-state index in [1.54, 1.807) is 0 Å². The summed E-state index contributed by atoms with van der Waals surface area (Å²) < 4.78 is 5.58. The van der Waals surface area contributed by atoms with E-state index in [4.69, 9.17) is 9.84 Å². The first kappa shape index (κ1) is 10.5. The molecule has 0 radical (unpaired) electrons. The van der Waals surface area contributed by atoms with Gasteiger partial charge >= 0.3 is 5.97 Å².